The molecule has 3 rings (SSSR count). The molecule has 0 saturated carbocycles. The number of rotatable bonds is 2. The van der Waals surface area contributed by atoms with Crippen molar-refractivity contribution in [1.29, 1.82) is 0 Å². The highest BCUT2D eigenvalue weighted by Crippen LogP contribution is 2.24. The van der Waals surface area contributed by atoms with E-state index >= 15 is 0 Å². The first-order valence-corrected chi connectivity index (χ1v) is 5.71. The molecule has 3 heterocycles. The molecule has 0 spiro atoms. The monoisotopic (exact) mass is 217 g/mol. The van der Waals surface area contributed by atoms with Gasteiger partial charge in [0.05, 0.1) is 24.4 Å². The molecule has 4 nitrogen and oxygen atoms in total. The Morgan fingerprint density at radius 1 is 1.44 bits per heavy atom. The summed E-state index contributed by atoms with van der Waals surface area (Å²) in [5.74, 6) is 1.61. The van der Waals surface area contributed by atoms with Crippen LogP contribution in [0.1, 0.15) is 24.6 Å². The van der Waals surface area contributed by atoms with Gasteiger partial charge in [-0.2, -0.15) is 0 Å². The van der Waals surface area contributed by atoms with E-state index in [0.717, 1.165) is 30.2 Å². The number of hydrogen-bond acceptors (Lipinski definition) is 3. The molecule has 1 aliphatic rings. The van der Waals surface area contributed by atoms with E-state index in [2.05, 4.69) is 15.3 Å². The van der Waals surface area contributed by atoms with E-state index < -0.39 is 0 Å². The van der Waals surface area contributed by atoms with Gasteiger partial charge in [-0.15, -0.1) is 0 Å². The zero-order valence-corrected chi connectivity index (χ0v) is 9.07. The molecule has 2 N–H and O–H groups in total. The topological polar surface area (TPSA) is 53.9 Å². The molecule has 0 radical (unpaired) electrons. The third-order valence-electron chi connectivity index (χ3n) is 3.11. The van der Waals surface area contributed by atoms with Gasteiger partial charge in [0.15, 0.2) is 0 Å². The summed E-state index contributed by atoms with van der Waals surface area (Å²) in [5, 5.41) is 3.40. The predicted octanol–water partition coefficient (Wildman–Crippen LogP) is 2.14. The standard InChI is InChI=1S/C12H15N3O/c1-2-9(6-13-4-1)12-14-7-11(15-12)10-3-5-16-8-10/h3,5,7-9,13H,1-2,4,6H2,(H,14,15). The van der Waals surface area contributed by atoms with Crippen molar-refractivity contribution in [3.05, 3.63) is 30.6 Å². The lowest BCUT2D eigenvalue weighted by Gasteiger charge is -2.20. The molecule has 4 heteroatoms. The molecule has 1 saturated heterocycles. The molecule has 1 aliphatic heterocycles. The summed E-state index contributed by atoms with van der Waals surface area (Å²) in [6.45, 7) is 2.16. The third kappa shape index (κ3) is 1.76. The van der Waals surface area contributed by atoms with Crippen molar-refractivity contribution in [1.82, 2.24) is 15.3 Å². The van der Waals surface area contributed by atoms with Gasteiger partial charge in [0.25, 0.3) is 0 Å². The van der Waals surface area contributed by atoms with Gasteiger partial charge in [0, 0.05) is 18.0 Å². The van der Waals surface area contributed by atoms with Gasteiger partial charge in [0.1, 0.15) is 5.82 Å². The first-order valence-electron chi connectivity index (χ1n) is 5.71. The van der Waals surface area contributed by atoms with E-state index in [0.29, 0.717) is 5.92 Å². The van der Waals surface area contributed by atoms with Crippen LogP contribution in [0.25, 0.3) is 11.3 Å². The summed E-state index contributed by atoms with van der Waals surface area (Å²) in [4.78, 5) is 7.83. The molecule has 1 unspecified atom stereocenters. The lowest BCUT2D eigenvalue weighted by atomic mass is 9.99. The van der Waals surface area contributed by atoms with Gasteiger partial charge >= 0.3 is 0 Å². The summed E-state index contributed by atoms with van der Waals surface area (Å²) in [5.41, 5.74) is 2.09. The molecule has 1 fully saturated rings. The molecule has 1 atom stereocenters. The Hall–Kier alpha value is -1.55. The van der Waals surface area contributed by atoms with Crippen molar-refractivity contribution in [2.45, 2.75) is 18.8 Å². The van der Waals surface area contributed by atoms with Crippen LogP contribution >= 0.6 is 0 Å². The summed E-state index contributed by atoms with van der Waals surface area (Å²) >= 11 is 0. The van der Waals surface area contributed by atoms with Crippen LogP contribution in [0.3, 0.4) is 0 Å². The lowest BCUT2D eigenvalue weighted by molar-refractivity contribution is 0.449. The highest BCUT2D eigenvalue weighted by Gasteiger charge is 2.18. The Kier molecular flexibility index (Phi) is 2.50. The Morgan fingerprint density at radius 3 is 3.19 bits per heavy atom. The molecular weight excluding hydrogens is 202 g/mol. The van der Waals surface area contributed by atoms with Crippen LogP contribution in [0.15, 0.2) is 29.2 Å². The van der Waals surface area contributed by atoms with Crippen molar-refractivity contribution in [3.63, 3.8) is 0 Å². The second-order valence-electron chi connectivity index (χ2n) is 4.24. The second-order valence-corrected chi connectivity index (χ2v) is 4.24. The van der Waals surface area contributed by atoms with Crippen molar-refractivity contribution in [2.75, 3.05) is 13.1 Å². The number of piperidine rings is 1. The smallest absolute Gasteiger partial charge is 0.110 e. The zero-order chi connectivity index (χ0) is 10.8. The average molecular weight is 217 g/mol. The van der Waals surface area contributed by atoms with Gasteiger partial charge < -0.3 is 14.7 Å². The van der Waals surface area contributed by atoms with E-state index in [4.69, 9.17) is 4.42 Å². The SMILES string of the molecule is c1cc(-c2cnc(C3CCCNC3)[nH]2)co1. The van der Waals surface area contributed by atoms with Crippen molar-refractivity contribution < 1.29 is 4.42 Å². The Balaban J connectivity index is 1.82. The largest absolute Gasteiger partial charge is 0.472 e. The number of nitrogens with zero attached hydrogens (tertiary/aromatic N) is 1. The van der Waals surface area contributed by atoms with E-state index in [-0.39, 0.29) is 0 Å². The maximum atomic E-state index is 5.06. The summed E-state index contributed by atoms with van der Waals surface area (Å²) in [6.07, 6.45) is 7.74. The number of furan rings is 1. The van der Waals surface area contributed by atoms with Crippen LogP contribution in [0.2, 0.25) is 0 Å². The fourth-order valence-electron chi connectivity index (χ4n) is 2.19. The number of aromatic nitrogens is 2. The number of hydrogen-bond donors (Lipinski definition) is 2. The molecule has 2 aromatic rings. The fourth-order valence-corrected chi connectivity index (χ4v) is 2.19. The number of aromatic amines is 1. The summed E-state index contributed by atoms with van der Waals surface area (Å²) in [7, 11) is 0. The molecule has 0 aromatic carbocycles. The van der Waals surface area contributed by atoms with E-state index in [1.807, 2.05) is 12.3 Å². The van der Waals surface area contributed by atoms with Crippen LogP contribution in [-0.4, -0.2) is 23.1 Å². The molecule has 2 aromatic heterocycles. The molecule has 0 amide bonds. The Bertz CT molecular complexity index is 441. The van der Waals surface area contributed by atoms with E-state index in [1.165, 1.54) is 12.8 Å². The first-order chi connectivity index (χ1) is 7.93. The quantitative estimate of drug-likeness (QED) is 0.810. The van der Waals surface area contributed by atoms with Crippen LogP contribution < -0.4 is 5.32 Å². The van der Waals surface area contributed by atoms with Crippen LogP contribution in [0.4, 0.5) is 0 Å². The highest BCUT2D eigenvalue weighted by molar-refractivity contribution is 5.56. The normalized spacial score (nSPS) is 21.1. The van der Waals surface area contributed by atoms with Crippen molar-refractivity contribution in [3.8, 4) is 11.3 Å². The van der Waals surface area contributed by atoms with Gasteiger partial charge in [-0.3, -0.25) is 0 Å². The summed E-state index contributed by atoms with van der Waals surface area (Å²) in [6, 6.07) is 1.94. The van der Waals surface area contributed by atoms with Crippen molar-refractivity contribution >= 4 is 0 Å². The van der Waals surface area contributed by atoms with Gasteiger partial charge in [-0.05, 0) is 25.5 Å². The lowest BCUT2D eigenvalue weighted by Crippen LogP contribution is -2.28. The van der Waals surface area contributed by atoms with Crippen LogP contribution in [0, 0.1) is 0 Å². The number of H-pyrrole nitrogens is 1. The van der Waals surface area contributed by atoms with Gasteiger partial charge in [-0.1, -0.05) is 0 Å². The first kappa shape index (κ1) is 9.66. The van der Waals surface area contributed by atoms with Crippen LogP contribution in [-0.2, 0) is 0 Å². The molecule has 84 valence electrons. The highest BCUT2D eigenvalue weighted by atomic mass is 16.3. The number of nitrogens with one attached hydrogen (secondary N) is 2. The minimum Gasteiger partial charge on any atom is -0.472 e. The van der Waals surface area contributed by atoms with Crippen LogP contribution in [0.5, 0.6) is 0 Å². The van der Waals surface area contributed by atoms with Gasteiger partial charge in [0.2, 0.25) is 0 Å². The molecule has 0 bridgehead atoms. The second kappa shape index (κ2) is 4.14. The van der Waals surface area contributed by atoms with Gasteiger partial charge in [-0.25, -0.2) is 4.98 Å². The fraction of sp³-hybridized carbons (Fsp3) is 0.417. The predicted molar refractivity (Wildman–Crippen MR) is 61.1 cm³/mol. The maximum Gasteiger partial charge on any atom is 0.110 e. The average Bonchev–Trinajstić information content (AvgIpc) is 3.01. The zero-order valence-electron chi connectivity index (χ0n) is 9.07. The molecule has 0 aliphatic carbocycles. The Morgan fingerprint density at radius 2 is 2.44 bits per heavy atom. The number of imidazole rings is 1. The maximum absolute atomic E-state index is 5.06. The van der Waals surface area contributed by atoms with Crippen molar-refractivity contribution in [2.24, 2.45) is 0 Å². The van der Waals surface area contributed by atoms with E-state index in [1.54, 1.807) is 12.5 Å². The molecular formula is C12H15N3O. The minimum atomic E-state index is 0.523. The minimum absolute atomic E-state index is 0.523. The third-order valence-corrected chi connectivity index (χ3v) is 3.11. The van der Waals surface area contributed by atoms with E-state index in [9.17, 15) is 0 Å². The Labute approximate surface area is 94.1 Å². The molecule has 16 heavy (non-hydrogen) atoms. The summed E-state index contributed by atoms with van der Waals surface area (Å²) < 4.78 is 5.06.